The molecule has 0 aliphatic carbocycles. The van der Waals surface area contributed by atoms with E-state index in [0.717, 1.165) is 24.6 Å². The van der Waals surface area contributed by atoms with Gasteiger partial charge in [-0.25, -0.2) is 9.97 Å². The Balaban J connectivity index is 2.69. The van der Waals surface area contributed by atoms with Gasteiger partial charge in [-0.3, -0.25) is 0 Å². The fourth-order valence-electron chi connectivity index (χ4n) is 1.26. The van der Waals surface area contributed by atoms with Crippen molar-refractivity contribution in [2.45, 2.75) is 6.92 Å². The van der Waals surface area contributed by atoms with Crippen LogP contribution in [-0.2, 0) is 4.74 Å². The molecule has 15 heavy (non-hydrogen) atoms. The van der Waals surface area contributed by atoms with E-state index >= 15 is 0 Å². The fraction of sp³-hybridized carbons (Fsp3) is 0.600. The Morgan fingerprint density at radius 1 is 1.40 bits per heavy atom. The lowest BCUT2D eigenvalue weighted by atomic mass is 10.4. The minimum Gasteiger partial charge on any atom is -0.383 e. The monoisotopic (exact) mass is 229 g/mol. The maximum atomic E-state index is 5.74. The minimum absolute atomic E-state index is 0.576. The molecule has 1 aromatic rings. The van der Waals surface area contributed by atoms with Gasteiger partial charge >= 0.3 is 0 Å². The lowest BCUT2D eigenvalue weighted by Gasteiger charge is -2.22. The molecule has 0 unspecified atom stereocenters. The number of hydrogen-bond acceptors (Lipinski definition) is 4. The summed E-state index contributed by atoms with van der Waals surface area (Å²) in [6.07, 6.45) is 1.57. The molecule has 0 fully saturated rings. The van der Waals surface area contributed by atoms with Crippen LogP contribution in [0.4, 0.5) is 5.82 Å². The number of aryl methyl sites for hydroxylation is 1. The molecule has 0 saturated heterocycles. The van der Waals surface area contributed by atoms with Crippen molar-refractivity contribution < 1.29 is 4.74 Å². The summed E-state index contributed by atoms with van der Waals surface area (Å²) in [5.41, 5.74) is 0.956. The van der Waals surface area contributed by atoms with Gasteiger partial charge < -0.3 is 9.64 Å². The highest BCUT2D eigenvalue weighted by Gasteiger charge is 2.06. The number of hydrogen-bond donors (Lipinski definition) is 0. The summed E-state index contributed by atoms with van der Waals surface area (Å²) in [7, 11) is 1.68. The standard InChI is InChI=1S/C10H16ClN3O/c1-9-7-10(13-8-12-9)14(4-3-11)5-6-15-2/h7-8H,3-6H2,1-2H3. The van der Waals surface area contributed by atoms with Crippen molar-refractivity contribution in [1.82, 2.24) is 9.97 Å². The van der Waals surface area contributed by atoms with Gasteiger partial charge in [-0.2, -0.15) is 0 Å². The lowest BCUT2D eigenvalue weighted by molar-refractivity contribution is 0.205. The zero-order valence-corrected chi connectivity index (χ0v) is 9.87. The van der Waals surface area contributed by atoms with E-state index in [0.29, 0.717) is 12.5 Å². The third kappa shape index (κ3) is 4.01. The molecule has 0 radical (unpaired) electrons. The van der Waals surface area contributed by atoms with Crippen LogP contribution in [0.15, 0.2) is 12.4 Å². The van der Waals surface area contributed by atoms with Crippen LogP contribution >= 0.6 is 11.6 Å². The van der Waals surface area contributed by atoms with Gasteiger partial charge in [-0.15, -0.1) is 11.6 Å². The maximum Gasteiger partial charge on any atom is 0.132 e. The van der Waals surface area contributed by atoms with Crippen LogP contribution in [0.2, 0.25) is 0 Å². The molecule has 0 N–H and O–H groups in total. The van der Waals surface area contributed by atoms with E-state index in [1.807, 2.05) is 13.0 Å². The van der Waals surface area contributed by atoms with Crippen LogP contribution in [0.3, 0.4) is 0 Å². The molecule has 0 spiro atoms. The second kappa shape index (κ2) is 6.58. The highest BCUT2D eigenvalue weighted by molar-refractivity contribution is 6.18. The Morgan fingerprint density at radius 3 is 2.80 bits per heavy atom. The Bertz CT molecular complexity index is 296. The first-order valence-corrected chi connectivity index (χ1v) is 5.40. The number of nitrogens with zero attached hydrogens (tertiary/aromatic N) is 3. The van der Waals surface area contributed by atoms with Gasteiger partial charge in [0.25, 0.3) is 0 Å². The number of alkyl halides is 1. The van der Waals surface area contributed by atoms with Crippen molar-refractivity contribution >= 4 is 17.4 Å². The first-order chi connectivity index (χ1) is 7.27. The molecule has 0 amide bonds. The van der Waals surface area contributed by atoms with Crippen LogP contribution in [-0.4, -0.2) is 42.7 Å². The number of ether oxygens (including phenoxy) is 1. The second-order valence-electron chi connectivity index (χ2n) is 3.19. The lowest BCUT2D eigenvalue weighted by Crippen LogP contribution is -2.30. The Morgan fingerprint density at radius 2 is 2.20 bits per heavy atom. The summed E-state index contributed by atoms with van der Waals surface area (Å²) >= 11 is 5.74. The van der Waals surface area contributed by atoms with Gasteiger partial charge in [0.2, 0.25) is 0 Å². The zero-order chi connectivity index (χ0) is 11.1. The van der Waals surface area contributed by atoms with Crippen LogP contribution in [0.25, 0.3) is 0 Å². The van der Waals surface area contributed by atoms with Crippen LogP contribution in [0.1, 0.15) is 5.69 Å². The van der Waals surface area contributed by atoms with E-state index in [-0.39, 0.29) is 0 Å². The molecule has 84 valence electrons. The van der Waals surface area contributed by atoms with E-state index in [1.54, 1.807) is 13.4 Å². The molecule has 5 heteroatoms. The third-order valence-corrected chi connectivity index (χ3v) is 2.20. The summed E-state index contributed by atoms with van der Waals surface area (Å²) in [4.78, 5) is 10.4. The number of anilines is 1. The first kappa shape index (κ1) is 12.2. The molecule has 0 aliphatic rings. The van der Waals surface area contributed by atoms with Crippen molar-refractivity contribution in [3.05, 3.63) is 18.1 Å². The Hall–Kier alpha value is -0.870. The van der Waals surface area contributed by atoms with Gasteiger partial charge in [0, 0.05) is 37.8 Å². The molecule has 1 rings (SSSR count). The number of halogens is 1. The highest BCUT2D eigenvalue weighted by Crippen LogP contribution is 2.10. The molecule has 0 saturated carbocycles. The molecule has 4 nitrogen and oxygen atoms in total. The van der Waals surface area contributed by atoms with Gasteiger partial charge in [-0.1, -0.05) is 0 Å². The van der Waals surface area contributed by atoms with Crippen molar-refractivity contribution in [3.63, 3.8) is 0 Å². The minimum atomic E-state index is 0.576. The van der Waals surface area contributed by atoms with Gasteiger partial charge in [0.1, 0.15) is 12.1 Å². The third-order valence-electron chi connectivity index (χ3n) is 2.03. The smallest absolute Gasteiger partial charge is 0.132 e. The topological polar surface area (TPSA) is 38.2 Å². The molecule has 0 aliphatic heterocycles. The predicted octanol–water partition coefficient (Wildman–Crippen LogP) is 1.48. The van der Waals surface area contributed by atoms with Gasteiger partial charge in [0.15, 0.2) is 0 Å². The van der Waals surface area contributed by atoms with E-state index in [4.69, 9.17) is 16.3 Å². The average molecular weight is 230 g/mol. The molecular formula is C10H16ClN3O. The molecule has 0 bridgehead atoms. The van der Waals surface area contributed by atoms with E-state index in [9.17, 15) is 0 Å². The van der Waals surface area contributed by atoms with E-state index in [1.165, 1.54) is 0 Å². The average Bonchev–Trinajstić information content (AvgIpc) is 2.24. The van der Waals surface area contributed by atoms with Gasteiger partial charge in [0.05, 0.1) is 6.61 Å². The molecule has 0 aromatic carbocycles. The summed E-state index contributed by atoms with van der Waals surface area (Å²) in [6, 6.07) is 1.95. The fourth-order valence-corrected chi connectivity index (χ4v) is 1.46. The summed E-state index contributed by atoms with van der Waals surface area (Å²) in [6.45, 7) is 4.17. The quantitative estimate of drug-likeness (QED) is 0.693. The number of aromatic nitrogens is 2. The normalized spacial score (nSPS) is 10.3. The van der Waals surface area contributed by atoms with Crippen molar-refractivity contribution in [1.29, 1.82) is 0 Å². The summed E-state index contributed by atoms with van der Waals surface area (Å²) < 4.78 is 5.04. The van der Waals surface area contributed by atoms with Crippen molar-refractivity contribution in [2.75, 3.05) is 37.6 Å². The highest BCUT2D eigenvalue weighted by atomic mass is 35.5. The van der Waals surface area contributed by atoms with Crippen LogP contribution in [0, 0.1) is 6.92 Å². The molecule has 1 heterocycles. The van der Waals surface area contributed by atoms with E-state index in [2.05, 4.69) is 14.9 Å². The van der Waals surface area contributed by atoms with Crippen molar-refractivity contribution in [2.24, 2.45) is 0 Å². The zero-order valence-electron chi connectivity index (χ0n) is 9.11. The predicted molar refractivity (Wildman–Crippen MR) is 61.6 cm³/mol. The van der Waals surface area contributed by atoms with Gasteiger partial charge in [-0.05, 0) is 6.92 Å². The molecular weight excluding hydrogens is 214 g/mol. The molecule has 0 atom stereocenters. The first-order valence-electron chi connectivity index (χ1n) is 4.86. The SMILES string of the molecule is COCCN(CCCl)c1cc(C)ncn1. The largest absolute Gasteiger partial charge is 0.383 e. The summed E-state index contributed by atoms with van der Waals surface area (Å²) in [5.74, 6) is 1.48. The number of rotatable bonds is 6. The second-order valence-corrected chi connectivity index (χ2v) is 3.56. The van der Waals surface area contributed by atoms with Crippen molar-refractivity contribution in [3.8, 4) is 0 Å². The van der Waals surface area contributed by atoms with Crippen LogP contribution < -0.4 is 4.90 Å². The van der Waals surface area contributed by atoms with E-state index < -0.39 is 0 Å². The maximum absolute atomic E-state index is 5.74. The Labute approximate surface area is 95.2 Å². The number of methoxy groups -OCH3 is 1. The van der Waals surface area contributed by atoms with Crippen LogP contribution in [0.5, 0.6) is 0 Å². The Kier molecular flexibility index (Phi) is 5.36. The molecule has 1 aromatic heterocycles. The summed E-state index contributed by atoms with van der Waals surface area (Å²) in [5, 5.41) is 0.